The largest absolute Gasteiger partial charge is 0.351 e. The van der Waals surface area contributed by atoms with Crippen LogP contribution in [0.4, 0.5) is 0 Å². The Labute approximate surface area is 271 Å². The molecule has 236 valence electrons. The van der Waals surface area contributed by atoms with Gasteiger partial charge in [0.1, 0.15) is 21.4 Å². The van der Waals surface area contributed by atoms with E-state index in [0.717, 1.165) is 24.9 Å². The van der Waals surface area contributed by atoms with Crippen LogP contribution in [-0.4, -0.2) is 70.7 Å². The molecular weight excluding hydrogens is 622 g/mol. The van der Waals surface area contributed by atoms with Crippen LogP contribution in [0.1, 0.15) is 81.7 Å². The Morgan fingerprint density at radius 3 is 2.36 bits per heavy atom. The molecule has 3 aromatic rings. The lowest BCUT2D eigenvalue weighted by atomic mass is 10.0. The van der Waals surface area contributed by atoms with Gasteiger partial charge < -0.3 is 26.2 Å². The van der Waals surface area contributed by atoms with Crippen molar-refractivity contribution in [2.75, 3.05) is 26.2 Å². The van der Waals surface area contributed by atoms with Gasteiger partial charge >= 0.3 is 0 Å². The van der Waals surface area contributed by atoms with Crippen molar-refractivity contribution in [1.29, 1.82) is 0 Å². The fourth-order valence-electron chi connectivity index (χ4n) is 5.22. The van der Waals surface area contributed by atoms with Crippen LogP contribution in [-0.2, 0) is 16.0 Å². The number of nitrogens with zero attached hydrogens (tertiary/aromatic N) is 3. The van der Waals surface area contributed by atoms with E-state index < -0.39 is 12.1 Å². The number of benzene rings is 1. The molecule has 2 aliphatic rings. The Hall–Kier alpha value is -3.39. The van der Waals surface area contributed by atoms with Crippen LogP contribution in [0.2, 0.25) is 0 Å². The topological polar surface area (TPSA) is 145 Å². The number of hydrogen-bond donors (Lipinski definition) is 4. The summed E-state index contributed by atoms with van der Waals surface area (Å²) in [5.74, 6) is -1.10. The summed E-state index contributed by atoms with van der Waals surface area (Å²) in [6.45, 7) is 5.23. The molecule has 0 spiro atoms. The highest BCUT2D eigenvalue weighted by Gasteiger charge is 2.30. The second-order valence-corrected chi connectivity index (χ2v) is 12.9. The predicted molar refractivity (Wildman–Crippen MR) is 172 cm³/mol. The molecule has 4 N–H and O–H groups in total. The number of halogens is 1. The van der Waals surface area contributed by atoms with Crippen LogP contribution in [0.25, 0.3) is 0 Å². The maximum absolute atomic E-state index is 13.5. The summed E-state index contributed by atoms with van der Waals surface area (Å²) in [6.07, 6.45) is 2.57. The highest BCUT2D eigenvalue weighted by molar-refractivity contribution is 7.10. The van der Waals surface area contributed by atoms with Gasteiger partial charge in [-0.15, -0.1) is 35.1 Å². The minimum absolute atomic E-state index is 0. The zero-order chi connectivity index (χ0) is 30.3. The van der Waals surface area contributed by atoms with E-state index in [2.05, 4.69) is 31.2 Å². The van der Waals surface area contributed by atoms with Crippen LogP contribution in [0.3, 0.4) is 0 Å². The predicted octanol–water partition coefficient (Wildman–Crippen LogP) is 3.26. The first-order valence-corrected chi connectivity index (χ1v) is 16.4. The summed E-state index contributed by atoms with van der Waals surface area (Å²) in [4.78, 5) is 63.8. The first kappa shape index (κ1) is 33.5. The number of amides is 4. The van der Waals surface area contributed by atoms with Crippen molar-refractivity contribution >= 4 is 58.7 Å². The molecule has 0 unspecified atom stereocenters. The van der Waals surface area contributed by atoms with Crippen LogP contribution < -0.4 is 21.3 Å². The SMILES string of the molecule is CC(C)[C@@H]1NC(=O)c2csc(n2)[C@H](Cc2ccccc2)NC(=O)CN(C(=O)[C@H]2CCCN2)CCCNC(=O)c2csc1n2.Cl. The number of fused-ring (bicyclic) bond motifs is 4. The first-order valence-electron chi connectivity index (χ1n) is 14.6. The number of thiazole rings is 2. The van der Waals surface area contributed by atoms with Crippen molar-refractivity contribution in [3.8, 4) is 0 Å². The van der Waals surface area contributed by atoms with Gasteiger partial charge in [0.15, 0.2) is 0 Å². The lowest BCUT2D eigenvalue weighted by Gasteiger charge is -2.26. The standard InChI is InChI=1S/C30H37N7O4S2.ClH/c1-18(2)25-29-35-22(16-43-29)26(39)32-12-7-13-37(30(41)20-10-6-11-31-20)15-24(38)33-21(14-19-8-4-3-5-9-19)28-34-23(17-42-28)27(40)36-25;/h3-5,8-9,16-18,20-21,25,31H,6-7,10-15H2,1-2H3,(H,32,39)(H,33,38)(H,36,40);1H/t20-,21+,25+;/m1./s1. The van der Waals surface area contributed by atoms with E-state index in [1.54, 1.807) is 15.7 Å². The minimum Gasteiger partial charge on any atom is -0.351 e. The molecule has 1 saturated heterocycles. The molecule has 1 fully saturated rings. The molecule has 0 radical (unpaired) electrons. The maximum atomic E-state index is 13.5. The molecule has 4 amide bonds. The summed E-state index contributed by atoms with van der Waals surface area (Å²) in [6, 6.07) is 8.53. The molecule has 4 bridgehead atoms. The fourth-order valence-corrected chi connectivity index (χ4v) is 7.09. The summed E-state index contributed by atoms with van der Waals surface area (Å²) in [7, 11) is 0. The van der Waals surface area contributed by atoms with Crippen molar-refractivity contribution in [2.45, 2.75) is 57.7 Å². The van der Waals surface area contributed by atoms with Gasteiger partial charge in [0, 0.05) is 23.8 Å². The highest BCUT2D eigenvalue weighted by Crippen LogP contribution is 2.27. The second-order valence-electron chi connectivity index (χ2n) is 11.2. The van der Waals surface area contributed by atoms with Crippen molar-refractivity contribution in [2.24, 2.45) is 5.92 Å². The Balaban J connectivity index is 0.00000442. The van der Waals surface area contributed by atoms with E-state index in [1.807, 2.05) is 44.2 Å². The molecule has 3 atom stereocenters. The second kappa shape index (κ2) is 15.6. The number of carbonyl (C=O) groups excluding carboxylic acids is 4. The number of carbonyl (C=O) groups is 4. The van der Waals surface area contributed by atoms with E-state index >= 15 is 0 Å². The van der Waals surface area contributed by atoms with Gasteiger partial charge in [-0.1, -0.05) is 44.2 Å². The Kier molecular flexibility index (Phi) is 11.8. The monoisotopic (exact) mass is 659 g/mol. The van der Waals surface area contributed by atoms with Gasteiger partial charge in [0.05, 0.1) is 24.7 Å². The van der Waals surface area contributed by atoms with Crippen molar-refractivity contribution in [3.63, 3.8) is 0 Å². The summed E-state index contributed by atoms with van der Waals surface area (Å²) in [5.41, 5.74) is 1.53. The third-order valence-electron chi connectivity index (χ3n) is 7.54. The van der Waals surface area contributed by atoms with Gasteiger partial charge in [-0.25, -0.2) is 9.97 Å². The van der Waals surface area contributed by atoms with Gasteiger partial charge in [0.2, 0.25) is 11.8 Å². The average molecular weight is 660 g/mol. The van der Waals surface area contributed by atoms with Crippen LogP contribution >= 0.6 is 35.1 Å². The number of nitrogens with one attached hydrogen (secondary N) is 4. The Morgan fingerprint density at radius 1 is 0.955 bits per heavy atom. The molecule has 44 heavy (non-hydrogen) atoms. The molecule has 5 rings (SSSR count). The molecule has 2 aliphatic heterocycles. The minimum atomic E-state index is -0.494. The van der Waals surface area contributed by atoms with Crippen LogP contribution in [0.15, 0.2) is 41.1 Å². The molecular formula is C30H38ClN7O4S2. The van der Waals surface area contributed by atoms with Crippen molar-refractivity contribution in [3.05, 3.63) is 68.1 Å². The quantitative estimate of drug-likeness (QED) is 0.336. The summed E-state index contributed by atoms with van der Waals surface area (Å²) in [5, 5.41) is 16.8. The Morgan fingerprint density at radius 2 is 1.66 bits per heavy atom. The number of rotatable bonds is 4. The molecule has 2 aromatic heterocycles. The van der Waals surface area contributed by atoms with Crippen LogP contribution in [0, 0.1) is 5.92 Å². The maximum Gasteiger partial charge on any atom is 0.271 e. The van der Waals surface area contributed by atoms with E-state index in [-0.39, 0.29) is 65.9 Å². The summed E-state index contributed by atoms with van der Waals surface area (Å²) < 4.78 is 0. The Bertz CT molecular complexity index is 1440. The third kappa shape index (κ3) is 8.40. The normalized spacial score (nSPS) is 21.8. The molecule has 11 nitrogen and oxygen atoms in total. The first-order chi connectivity index (χ1) is 20.8. The fraction of sp³-hybridized carbons (Fsp3) is 0.467. The molecule has 1 aromatic carbocycles. The third-order valence-corrected chi connectivity index (χ3v) is 9.43. The molecule has 4 heterocycles. The van der Waals surface area contributed by atoms with E-state index in [4.69, 9.17) is 0 Å². The van der Waals surface area contributed by atoms with Crippen molar-refractivity contribution in [1.82, 2.24) is 36.1 Å². The smallest absolute Gasteiger partial charge is 0.271 e. The van der Waals surface area contributed by atoms with Gasteiger partial charge in [-0.05, 0) is 43.7 Å². The van der Waals surface area contributed by atoms with Crippen molar-refractivity contribution < 1.29 is 19.2 Å². The lowest BCUT2D eigenvalue weighted by molar-refractivity contribution is -0.137. The van der Waals surface area contributed by atoms with E-state index in [0.29, 0.717) is 35.9 Å². The van der Waals surface area contributed by atoms with Gasteiger partial charge in [0.25, 0.3) is 11.8 Å². The number of hydrogen-bond acceptors (Lipinski definition) is 9. The molecule has 0 saturated carbocycles. The van der Waals surface area contributed by atoms with E-state index in [9.17, 15) is 19.2 Å². The zero-order valence-corrected chi connectivity index (χ0v) is 27.2. The number of aromatic nitrogens is 2. The molecule has 0 aliphatic carbocycles. The highest BCUT2D eigenvalue weighted by atomic mass is 35.5. The van der Waals surface area contributed by atoms with E-state index in [1.165, 1.54) is 22.7 Å². The van der Waals surface area contributed by atoms with Crippen LogP contribution in [0.5, 0.6) is 0 Å². The average Bonchev–Trinajstić information content (AvgIpc) is 3.79. The molecule has 14 heteroatoms. The lowest BCUT2D eigenvalue weighted by Crippen LogP contribution is -2.49. The van der Waals surface area contributed by atoms with Gasteiger partial charge in [-0.3, -0.25) is 19.2 Å². The zero-order valence-electron chi connectivity index (χ0n) is 24.7. The summed E-state index contributed by atoms with van der Waals surface area (Å²) >= 11 is 2.63. The van der Waals surface area contributed by atoms with Gasteiger partial charge in [-0.2, -0.15) is 0 Å².